The summed E-state index contributed by atoms with van der Waals surface area (Å²) in [6, 6.07) is 3.68. The fourth-order valence-electron chi connectivity index (χ4n) is 1.39. The third kappa shape index (κ3) is 4.48. The number of H-pyrrole nitrogens is 1. The van der Waals surface area contributed by atoms with Crippen LogP contribution < -0.4 is 11.1 Å². The lowest BCUT2D eigenvalue weighted by Crippen LogP contribution is -2.34. The van der Waals surface area contributed by atoms with Gasteiger partial charge in [-0.15, -0.1) is 0 Å². The lowest BCUT2D eigenvalue weighted by atomic mass is 10.2. The molecule has 1 aromatic rings. The summed E-state index contributed by atoms with van der Waals surface area (Å²) < 4.78 is 5.17. The summed E-state index contributed by atoms with van der Waals surface area (Å²) in [5.74, 6) is 0. The van der Waals surface area contributed by atoms with Gasteiger partial charge in [0.2, 0.25) is 0 Å². The molecule has 0 radical (unpaired) electrons. The maximum absolute atomic E-state index is 11.5. The van der Waals surface area contributed by atoms with Crippen molar-refractivity contribution in [1.82, 2.24) is 10.3 Å². The molecule has 1 amide bonds. The predicted octanol–water partition coefficient (Wildman–Crippen LogP) is 2.06. The van der Waals surface area contributed by atoms with Gasteiger partial charge >= 0.3 is 6.09 Å². The van der Waals surface area contributed by atoms with E-state index in [1.165, 1.54) is 0 Å². The molecule has 0 spiro atoms. The number of rotatable bonds is 3. The van der Waals surface area contributed by atoms with Crippen LogP contribution in [0.25, 0.3) is 0 Å². The third-order valence-corrected chi connectivity index (χ3v) is 2.19. The van der Waals surface area contributed by atoms with Crippen LogP contribution in [0, 0.1) is 0 Å². The second-order valence-electron chi connectivity index (χ2n) is 5.01. The fourth-order valence-corrected chi connectivity index (χ4v) is 1.39. The largest absolute Gasteiger partial charge is 0.444 e. The first-order valence-electron chi connectivity index (χ1n) is 5.69. The zero-order valence-corrected chi connectivity index (χ0v) is 10.8. The number of hydrogen-bond acceptors (Lipinski definition) is 3. The van der Waals surface area contributed by atoms with Crippen LogP contribution in [0.5, 0.6) is 0 Å². The van der Waals surface area contributed by atoms with Crippen LogP contribution in [0.15, 0.2) is 12.1 Å². The average Bonchev–Trinajstić information content (AvgIpc) is 2.62. The molecule has 0 aliphatic rings. The van der Waals surface area contributed by atoms with Crippen molar-refractivity contribution >= 4 is 6.09 Å². The maximum Gasteiger partial charge on any atom is 0.408 e. The quantitative estimate of drug-likeness (QED) is 0.755. The standard InChI is InChI=1S/C12H21N3O2/c1-8(10-6-5-9(7-13)15-10)14-11(16)17-12(2,3)4/h5-6,8,15H,7,13H2,1-4H3,(H,14,16). The van der Waals surface area contributed by atoms with Crippen LogP contribution >= 0.6 is 0 Å². The van der Waals surface area contributed by atoms with E-state index in [0.717, 1.165) is 11.4 Å². The van der Waals surface area contributed by atoms with Crippen LogP contribution in [0.4, 0.5) is 4.79 Å². The second-order valence-corrected chi connectivity index (χ2v) is 5.01. The summed E-state index contributed by atoms with van der Waals surface area (Å²) in [5, 5.41) is 2.76. The zero-order chi connectivity index (χ0) is 13.1. The molecule has 1 rings (SSSR count). The van der Waals surface area contributed by atoms with Crippen molar-refractivity contribution in [2.45, 2.75) is 45.9 Å². The van der Waals surface area contributed by atoms with E-state index in [9.17, 15) is 4.79 Å². The van der Waals surface area contributed by atoms with E-state index in [1.54, 1.807) is 0 Å². The Morgan fingerprint density at radius 1 is 1.53 bits per heavy atom. The van der Waals surface area contributed by atoms with E-state index in [4.69, 9.17) is 10.5 Å². The van der Waals surface area contributed by atoms with Gasteiger partial charge in [0.25, 0.3) is 0 Å². The Hall–Kier alpha value is -1.49. The summed E-state index contributed by atoms with van der Waals surface area (Å²) >= 11 is 0. The Bertz CT molecular complexity index is 379. The Labute approximate surface area is 102 Å². The zero-order valence-electron chi connectivity index (χ0n) is 10.8. The van der Waals surface area contributed by atoms with E-state index in [1.807, 2.05) is 39.8 Å². The molecule has 17 heavy (non-hydrogen) atoms. The van der Waals surface area contributed by atoms with E-state index >= 15 is 0 Å². The lowest BCUT2D eigenvalue weighted by Gasteiger charge is -2.21. The molecule has 0 aliphatic carbocycles. The summed E-state index contributed by atoms with van der Waals surface area (Å²) in [6.07, 6.45) is -0.422. The Morgan fingerprint density at radius 3 is 2.65 bits per heavy atom. The summed E-state index contributed by atoms with van der Waals surface area (Å²) in [6.45, 7) is 7.84. The molecule has 1 atom stereocenters. The molecule has 1 unspecified atom stereocenters. The number of alkyl carbamates (subject to hydrolysis) is 1. The highest BCUT2D eigenvalue weighted by molar-refractivity contribution is 5.68. The van der Waals surface area contributed by atoms with Crippen LogP contribution in [0.2, 0.25) is 0 Å². The minimum Gasteiger partial charge on any atom is -0.444 e. The van der Waals surface area contributed by atoms with Gasteiger partial charge in [-0.25, -0.2) is 4.79 Å². The molecule has 5 nitrogen and oxygen atoms in total. The highest BCUT2D eigenvalue weighted by atomic mass is 16.6. The number of nitrogens with two attached hydrogens (primary N) is 1. The highest BCUT2D eigenvalue weighted by Crippen LogP contribution is 2.13. The van der Waals surface area contributed by atoms with Crippen LogP contribution in [-0.2, 0) is 11.3 Å². The molecule has 0 aromatic carbocycles. The van der Waals surface area contributed by atoms with Gasteiger partial charge in [0.15, 0.2) is 0 Å². The van der Waals surface area contributed by atoms with Gasteiger partial charge in [-0.05, 0) is 39.8 Å². The van der Waals surface area contributed by atoms with E-state index < -0.39 is 11.7 Å². The smallest absolute Gasteiger partial charge is 0.408 e. The molecular formula is C12H21N3O2. The molecule has 0 aliphatic heterocycles. The molecule has 4 N–H and O–H groups in total. The Balaban J connectivity index is 2.54. The first kappa shape index (κ1) is 13.6. The number of ether oxygens (including phenoxy) is 1. The monoisotopic (exact) mass is 239 g/mol. The fraction of sp³-hybridized carbons (Fsp3) is 0.583. The second kappa shape index (κ2) is 5.23. The molecule has 1 heterocycles. The van der Waals surface area contributed by atoms with Crippen molar-refractivity contribution in [3.05, 3.63) is 23.5 Å². The number of aromatic amines is 1. The summed E-state index contributed by atoms with van der Waals surface area (Å²) in [7, 11) is 0. The molecular weight excluding hydrogens is 218 g/mol. The number of carbonyl (C=O) groups excluding carboxylic acids is 1. The molecule has 0 saturated heterocycles. The van der Waals surface area contributed by atoms with Gasteiger partial charge in [0, 0.05) is 17.9 Å². The number of nitrogens with one attached hydrogen (secondary N) is 2. The van der Waals surface area contributed by atoms with Crippen LogP contribution in [-0.4, -0.2) is 16.7 Å². The minimum atomic E-state index is -0.484. The number of amides is 1. The van der Waals surface area contributed by atoms with Crippen molar-refractivity contribution in [2.75, 3.05) is 0 Å². The van der Waals surface area contributed by atoms with Crippen molar-refractivity contribution < 1.29 is 9.53 Å². The van der Waals surface area contributed by atoms with Gasteiger partial charge in [-0.2, -0.15) is 0 Å². The number of hydrogen-bond donors (Lipinski definition) is 3. The SMILES string of the molecule is CC(NC(=O)OC(C)(C)C)c1ccc(CN)[nH]1. The predicted molar refractivity (Wildman–Crippen MR) is 66.5 cm³/mol. The van der Waals surface area contributed by atoms with Crippen LogP contribution in [0.3, 0.4) is 0 Å². The van der Waals surface area contributed by atoms with Crippen LogP contribution in [0.1, 0.15) is 45.1 Å². The molecule has 0 bridgehead atoms. The molecule has 0 fully saturated rings. The van der Waals surface area contributed by atoms with E-state index in [2.05, 4.69) is 10.3 Å². The summed E-state index contributed by atoms with van der Waals surface area (Å²) in [5.41, 5.74) is 6.88. The normalized spacial score (nSPS) is 13.2. The number of carbonyl (C=O) groups is 1. The van der Waals surface area contributed by atoms with Gasteiger partial charge in [-0.3, -0.25) is 0 Å². The molecule has 1 aromatic heterocycles. The van der Waals surface area contributed by atoms with Crippen molar-refractivity contribution in [1.29, 1.82) is 0 Å². The molecule has 0 saturated carbocycles. The molecule has 96 valence electrons. The Morgan fingerprint density at radius 2 is 2.18 bits per heavy atom. The highest BCUT2D eigenvalue weighted by Gasteiger charge is 2.18. The first-order chi connectivity index (χ1) is 7.81. The van der Waals surface area contributed by atoms with Crippen molar-refractivity contribution in [3.63, 3.8) is 0 Å². The van der Waals surface area contributed by atoms with Gasteiger partial charge in [0.05, 0.1) is 6.04 Å². The van der Waals surface area contributed by atoms with Gasteiger partial charge in [0.1, 0.15) is 5.60 Å². The first-order valence-corrected chi connectivity index (χ1v) is 5.69. The third-order valence-electron chi connectivity index (χ3n) is 2.19. The lowest BCUT2D eigenvalue weighted by molar-refractivity contribution is 0.0507. The molecule has 5 heteroatoms. The van der Waals surface area contributed by atoms with Crippen molar-refractivity contribution in [3.8, 4) is 0 Å². The number of aromatic nitrogens is 1. The van der Waals surface area contributed by atoms with Crippen molar-refractivity contribution in [2.24, 2.45) is 5.73 Å². The Kier molecular flexibility index (Phi) is 4.17. The summed E-state index contributed by atoms with van der Waals surface area (Å²) in [4.78, 5) is 14.7. The van der Waals surface area contributed by atoms with Gasteiger partial charge < -0.3 is 20.8 Å². The van der Waals surface area contributed by atoms with E-state index in [-0.39, 0.29) is 6.04 Å². The maximum atomic E-state index is 11.5. The van der Waals surface area contributed by atoms with Gasteiger partial charge in [-0.1, -0.05) is 0 Å². The van der Waals surface area contributed by atoms with E-state index in [0.29, 0.717) is 6.54 Å². The minimum absolute atomic E-state index is 0.134. The average molecular weight is 239 g/mol. The topological polar surface area (TPSA) is 80.1 Å².